The molecular formula is C18H29ClN2O2. The normalized spacial score (nSPS) is 17.2. The molecule has 1 aromatic carbocycles. The van der Waals surface area contributed by atoms with Crippen LogP contribution in [0.1, 0.15) is 36.8 Å². The van der Waals surface area contributed by atoms with Crippen molar-refractivity contribution >= 4 is 18.3 Å². The molecule has 2 rings (SSSR count). The lowest BCUT2D eigenvalue weighted by atomic mass is 10.00. The van der Waals surface area contributed by atoms with Crippen molar-refractivity contribution in [1.82, 2.24) is 10.6 Å². The second-order valence-electron chi connectivity index (χ2n) is 6.21. The molecule has 5 heteroatoms. The van der Waals surface area contributed by atoms with Crippen LogP contribution in [0.5, 0.6) is 5.75 Å². The molecule has 4 nitrogen and oxygen atoms in total. The first-order valence-corrected chi connectivity index (χ1v) is 8.32. The van der Waals surface area contributed by atoms with E-state index in [0.717, 1.165) is 31.8 Å². The van der Waals surface area contributed by atoms with Crippen LogP contribution in [0.3, 0.4) is 0 Å². The lowest BCUT2D eigenvalue weighted by Gasteiger charge is -2.22. The van der Waals surface area contributed by atoms with E-state index in [2.05, 4.69) is 30.5 Å². The average Bonchev–Trinajstić information content (AvgIpc) is 2.54. The summed E-state index contributed by atoms with van der Waals surface area (Å²) in [6.45, 7) is 7.68. The summed E-state index contributed by atoms with van der Waals surface area (Å²) in [6, 6.07) is 6.10. The first-order chi connectivity index (χ1) is 10.6. The maximum atomic E-state index is 11.8. The highest BCUT2D eigenvalue weighted by atomic mass is 35.5. The second kappa shape index (κ2) is 10.5. The van der Waals surface area contributed by atoms with E-state index in [9.17, 15) is 4.79 Å². The van der Waals surface area contributed by atoms with Gasteiger partial charge in [-0.05, 0) is 75.4 Å². The Bertz CT molecular complexity index is 488. The lowest BCUT2D eigenvalue weighted by molar-refractivity contribution is -0.121. The van der Waals surface area contributed by atoms with Crippen molar-refractivity contribution in [3.8, 4) is 5.75 Å². The monoisotopic (exact) mass is 340 g/mol. The number of halogens is 1. The number of carbonyl (C=O) groups is 1. The molecule has 1 fully saturated rings. The molecular weight excluding hydrogens is 312 g/mol. The van der Waals surface area contributed by atoms with E-state index in [-0.39, 0.29) is 18.3 Å². The summed E-state index contributed by atoms with van der Waals surface area (Å²) in [5, 5.41) is 6.40. The largest absolute Gasteiger partial charge is 0.494 e. The summed E-state index contributed by atoms with van der Waals surface area (Å²) in [4.78, 5) is 11.8. The van der Waals surface area contributed by atoms with Crippen LogP contribution in [0.4, 0.5) is 0 Å². The van der Waals surface area contributed by atoms with Gasteiger partial charge in [0.25, 0.3) is 0 Å². The van der Waals surface area contributed by atoms with Crippen LogP contribution in [0, 0.1) is 19.8 Å². The number of ether oxygens (including phenoxy) is 1. The number of hydrogen-bond acceptors (Lipinski definition) is 3. The van der Waals surface area contributed by atoms with Crippen LogP contribution in [0.15, 0.2) is 18.2 Å². The third-order valence-corrected chi connectivity index (χ3v) is 4.28. The Balaban J connectivity index is 0.00000264. The van der Waals surface area contributed by atoms with Crippen molar-refractivity contribution < 1.29 is 9.53 Å². The zero-order valence-corrected chi connectivity index (χ0v) is 15.0. The van der Waals surface area contributed by atoms with Gasteiger partial charge in [0.15, 0.2) is 0 Å². The SMILES string of the molecule is Cc1ccc(OCCCC(=O)NCC2CCCNC2)cc1C.Cl. The minimum absolute atomic E-state index is 0. The van der Waals surface area contributed by atoms with Crippen molar-refractivity contribution in [1.29, 1.82) is 0 Å². The van der Waals surface area contributed by atoms with E-state index >= 15 is 0 Å². The smallest absolute Gasteiger partial charge is 0.220 e. The van der Waals surface area contributed by atoms with Crippen LogP contribution >= 0.6 is 12.4 Å². The number of benzene rings is 1. The average molecular weight is 341 g/mol. The summed E-state index contributed by atoms with van der Waals surface area (Å²) >= 11 is 0. The number of carbonyl (C=O) groups excluding carboxylic acids is 1. The minimum Gasteiger partial charge on any atom is -0.494 e. The molecule has 0 spiro atoms. The summed E-state index contributed by atoms with van der Waals surface area (Å²) in [6.07, 6.45) is 3.71. The third-order valence-electron chi connectivity index (χ3n) is 4.28. The predicted molar refractivity (Wildman–Crippen MR) is 96.5 cm³/mol. The molecule has 0 aromatic heterocycles. The zero-order valence-electron chi connectivity index (χ0n) is 14.2. The number of aryl methyl sites for hydroxylation is 2. The summed E-state index contributed by atoms with van der Waals surface area (Å²) in [5.41, 5.74) is 2.50. The van der Waals surface area contributed by atoms with Crippen molar-refractivity contribution in [3.63, 3.8) is 0 Å². The molecule has 0 radical (unpaired) electrons. The van der Waals surface area contributed by atoms with E-state index < -0.39 is 0 Å². The van der Waals surface area contributed by atoms with Gasteiger partial charge in [0.2, 0.25) is 5.91 Å². The van der Waals surface area contributed by atoms with E-state index in [1.54, 1.807) is 0 Å². The molecule has 1 aliphatic rings. The Morgan fingerprint density at radius 2 is 2.17 bits per heavy atom. The van der Waals surface area contributed by atoms with Gasteiger partial charge < -0.3 is 15.4 Å². The van der Waals surface area contributed by atoms with Crippen LogP contribution in [0.2, 0.25) is 0 Å². The van der Waals surface area contributed by atoms with Crippen LogP contribution in [-0.2, 0) is 4.79 Å². The summed E-state index contributed by atoms with van der Waals surface area (Å²) in [7, 11) is 0. The summed E-state index contributed by atoms with van der Waals surface area (Å²) < 4.78 is 5.70. The first-order valence-electron chi connectivity index (χ1n) is 8.32. The Morgan fingerprint density at radius 1 is 1.35 bits per heavy atom. The van der Waals surface area contributed by atoms with Gasteiger partial charge in [-0.1, -0.05) is 6.07 Å². The van der Waals surface area contributed by atoms with E-state index in [1.165, 1.54) is 24.0 Å². The van der Waals surface area contributed by atoms with Gasteiger partial charge in [-0.25, -0.2) is 0 Å². The highest BCUT2D eigenvalue weighted by Crippen LogP contribution is 2.16. The van der Waals surface area contributed by atoms with Crippen molar-refractivity contribution in [3.05, 3.63) is 29.3 Å². The topological polar surface area (TPSA) is 50.4 Å². The van der Waals surface area contributed by atoms with E-state index in [1.807, 2.05) is 12.1 Å². The van der Waals surface area contributed by atoms with Crippen LogP contribution in [-0.4, -0.2) is 32.1 Å². The fourth-order valence-corrected chi connectivity index (χ4v) is 2.67. The maximum Gasteiger partial charge on any atom is 0.220 e. The number of hydrogen-bond donors (Lipinski definition) is 2. The van der Waals surface area contributed by atoms with Crippen molar-refractivity contribution in [2.45, 2.75) is 39.5 Å². The molecule has 2 N–H and O–H groups in total. The third kappa shape index (κ3) is 7.23. The zero-order chi connectivity index (χ0) is 15.8. The second-order valence-corrected chi connectivity index (χ2v) is 6.21. The molecule has 0 bridgehead atoms. The molecule has 1 heterocycles. The Hall–Kier alpha value is -1.26. The number of piperidine rings is 1. The minimum atomic E-state index is 0. The van der Waals surface area contributed by atoms with Gasteiger partial charge in [-0.3, -0.25) is 4.79 Å². The molecule has 1 unspecified atom stereocenters. The molecule has 23 heavy (non-hydrogen) atoms. The molecule has 0 aliphatic carbocycles. The fraction of sp³-hybridized carbons (Fsp3) is 0.611. The van der Waals surface area contributed by atoms with E-state index in [0.29, 0.717) is 18.9 Å². The molecule has 130 valence electrons. The standard InChI is InChI=1S/C18H28N2O2.ClH/c1-14-7-8-17(11-15(14)2)22-10-4-6-18(21)20-13-16-5-3-9-19-12-16;/h7-8,11,16,19H,3-6,9-10,12-13H2,1-2H3,(H,20,21);1H. The Labute approximate surface area is 145 Å². The van der Waals surface area contributed by atoms with Gasteiger partial charge in [0.05, 0.1) is 6.61 Å². The van der Waals surface area contributed by atoms with E-state index in [4.69, 9.17) is 4.74 Å². The Kier molecular flexibility index (Phi) is 9.03. The van der Waals surface area contributed by atoms with Gasteiger partial charge >= 0.3 is 0 Å². The molecule has 1 aliphatic heterocycles. The highest BCUT2D eigenvalue weighted by molar-refractivity contribution is 5.85. The van der Waals surface area contributed by atoms with Crippen LogP contribution < -0.4 is 15.4 Å². The number of rotatable bonds is 7. The lowest BCUT2D eigenvalue weighted by Crippen LogP contribution is -2.38. The van der Waals surface area contributed by atoms with Gasteiger partial charge in [-0.2, -0.15) is 0 Å². The maximum absolute atomic E-state index is 11.8. The van der Waals surface area contributed by atoms with Gasteiger partial charge in [0.1, 0.15) is 5.75 Å². The molecule has 0 saturated carbocycles. The van der Waals surface area contributed by atoms with Crippen molar-refractivity contribution in [2.75, 3.05) is 26.2 Å². The molecule has 1 aromatic rings. The van der Waals surface area contributed by atoms with Gasteiger partial charge in [0, 0.05) is 13.0 Å². The summed E-state index contributed by atoms with van der Waals surface area (Å²) in [5.74, 6) is 1.61. The molecule has 1 amide bonds. The highest BCUT2D eigenvalue weighted by Gasteiger charge is 2.13. The van der Waals surface area contributed by atoms with Crippen molar-refractivity contribution in [2.24, 2.45) is 5.92 Å². The van der Waals surface area contributed by atoms with Crippen LogP contribution in [0.25, 0.3) is 0 Å². The number of nitrogens with one attached hydrogen (secondary N) is 2. The molecule has 1 atom stereocenters. The quantitative estimate of drug-likeness (QED) is 0.750. The number of amides is 1. The predicted octanol–water partition coefficient (Wildman–Crippen LogP) is 3.00. The molecule has 1 saturated heterocycles. The fourth-order valence-electron chi connectivity index (χ4n) is 2.67. The van der Waals surface area contributed by atoms with Gasteiger partial charge in [-0.15, -0.1) is 12.4 Å². The Morgan fingerprint density at radius 3 is 2.87 bits per heavy atom. The first kappa shape index (κ1) is 19.8.